The molecule has 2 aromatic carbocycles. The van der Waals surface area contributed by atoms with E-state index in [4.69, 9.17) is 4.74 Å². The Hall–Kier alpha value is -2.06. The van der Waals surface area contributed by atoms with Crippen LogP contribution in [0.2, 0.25) is 0 Å². The minimum Gasteiger partial charge on any atom is -0.457 e. The zero-order valence-corrected chi connectivity index (χ0v) is 11.4. The SMILES string of the molecule is CN(C)C/C=C(\Oc1ccccc1)c1ccccc1. The molecule has 2 aromatic rings. The molecule has 0 spiro atoms. The molecule has 0 unspecified atom stereocenters. The van der Waals surface area contributed by atoms with Gasteiger partial charge in [0, 0.05) is 12.1 Å². The van der Waals surface area contributed by atoms with Gasteiger partial charge in [0.05, 0.1) is 0 Å². The van der Waals surface area contributed by atoms with Crippen LogP contribution in [0.5, 0.6) is 5.75 Å². The van der Waals surface area contributed by atoms with Gasteiger partial charge in [0.1, 0.15) is 11.5 Å². The summed E-state index contributed by atoms with van der Waals surface area (Å²) in [4.78, 5) is 2.11. The maximum atomic E-state index is 5.99. The largest absolute Gasteiger partial charge is 0.457 e. The van der Waals surface area contributed by atoms with Crippen molar-refractivity contribution in [1.82, 2.24) is 4.90 Å². The van der Waals surface area contributed by atoms with E-state index in [9.17, 15) is 0 Å². The fraction of sp³-hybridized carbons (Fsp3) is 0.176. The van der Waals surface area contributed by atoms with Gasteiger partial charge < -0.3 is 9.64 Å². The molecule has 2 rings (SSSR count). The lowest BCUT2D eigenvalue weighted by Crippen LogP contribution is -2.12. The first kappa shape index (κ1) is 13.4. The van der Waals surface area contributed by atoms with Crippen LogP contribution in [0.3, 0.4) is 0 Å². The molecule has 0 aliphatic rings. The summed E-state index contributed by atoms with van der Waals surface area (Å²) in [5.74, 6) is 1.75. The highest BCUT2D eigenvalue weighted by atomic mass is 16.5. The predicted octanol–water partition coefficient (Wildman–Crippen LogP) is 3.67. The molecule has 0 heterocycles. The molecule has 0 aliphatic heterocycles. The number of hydrogen-bond donors (Lipinski definition) is 0. The summed E-state index contributed by atoms with van der Waals surface area (Å²) in [6.45, 7) is 0.844. The van der Waals surface area contributed by atoms with Crippen molar-refractivity contribution in [2.24, 2.45) is 0 Å². The highest BCUT2D eigenvalue weighted by Gasteiger charge is 2.04. The molecule has 0 atom stereocenters. The van der Waals surface area contributed by atoms with Gasteiger partial charge >= 0.3 is 0 Å². The molecule has 0 amide bonds. The maximum Gasteiger partial charge on any atom is 0.131 e. The zero-order chi connectivity index (χ0) is 13.5. The van der Waals surface area contributed by atoms with Crippen LogP contribution in [0, 0.1) is 0 Å². The van der Waals surface area contributed by atoms with Gasteiger partial charge in [0.25, 0.3) is 0 Å². The van der Waals surface area contributed by atoms with Gasteiger partial charge in [0.2, 0.25) is 0 Å². The van der Waals surface area contributed by atoms with Crippen LogP contribution < -0.4 is 4.74 Å². The molecule has 2 heteroatoms. The number of nitrogens with zero attached hydrogens (tertiary/aromatic N) is 1. The number of likely N-dealkylation sites (N-methyl/N-ethyl adjacent to an activating group) is 1. The molecular weight excluding hydrogens is 234 g/mol. The predicted molar refractivity (Wildman–Crippen MR) is 80.0 cm³/mol. The molecule has 0 saturated heterocycles. The Morgan fingerprint density at radius 1 is 0.947 bits per heavy atom. The van der Waals surface area contributed by atoms with Crippen LogP contribution in [0.1, 0.15) is 5.56 Å². The van der Waals surface area contributed by atoms with Gasteiger partial charge in [-0.2, -0.15) is 0 Å². The van der Waals surface area contributed by atoms with Gasteiger partial charge in [-0.15, -0.1) is 0 Å². The summed E-state index contributed by atoms with van der Waals surface area (Å²) < 4.78 is 5.99. The topological polar surface area (TPSA) is 12.5 Å². The Morgan fingerprint density at radius 2 is 1.53 bits per heavy atom. The number of ether oxygens (including phenoxy) is 1. The summed E-state index contributed by atoms with van der Waals surface area (Å²) in [6, 6.07) is 20.0. The first-order valence-electron chi connectivity index (χ1n) is 6.39. The van der Waals surface area contributed by atoms with Gasteiger partial charge in [-0.05, 0) is 32.3 Å². The number of rotatable bonds is 5. The first-order chi connectivity index (χ1) is 9.25. The quantitative estimate of drug-likeness (QED) is 0.754. The van der Waals surface area contributed by atoms with Crippen LogP contribution in [-0.4, -0.2) is 25.5 Å². The highest BCUT2D eigenvalue weighted by Crippen LogP contribution is 2.20. The van der Waals surface area contributed by atoms with Gasteiger partial charge in [-0.3, -0.25) is 0 Å². The minimum absolute atomic E-state index is 0.844. The maximum absolute atomic E-state index is 5.99. The van der Waals surface area contributed by atoms with E-state index in [1.54, 1.807) is 0 Å². The molecular formula is C17H19NO. The highest BCUT2D eigenvalue weighted by molar-refractivity contribution is 5.62. The average Bonchev–Trinajstić information content (AvgIpc) is 2.45. The molecule has 0 bridgehead atoms. The van der Waals surface area contributed by atoms with Crippen molar-refractivity contribution in [3.63, 3.8) is 0 Å². The Balaban J connectivity index is 2.22. The van der Waals surface area contributed by atoms with Crippen LogP contribution in [0.4, 0.5) is 0 Å². The fourth-order valence-corrected chi connectivity index (χ4v) is 1.70. The average molecular weight is 253 g/mol. The Labute approximate surface area is 114 Å². The summed E-state index contributed by atoms with van der Waals surface area (Å²) in [5.41, 5.74) is 1.09. The van der Waals surface area contributed by atoms with E-state index in [0.717, 1.165) is 23.6 Å². The third kappa shape index (κ3) is 4.27. The van der Waals surface area contributed by atoms with Crippen LogP contribution >= 0.6 is 0 Å². The van der Waals surface area contributed by atoms with E-state index in [1.807, 2.05) is 62.6 Å². The van der Waals surface area contributed by atoms with Crippen molar-refractivity contribution < 1.29 is 4.74 Å². The van der Waals surface area contributed by atoms with Gasteiger partial charge in [0.15, 0.2) is 0 Å². The van der Waals surface area contributed by atoms with E-state index in [0.29, 0.717) is 0 Å². The Kier molecular flexibility index (Phi) is 4.76. The summed E-state index contributed by atoms with van der Waals surface area (Å²) in [6.07, 6.45) is 2.10. The van der Waals surface area contributed by atoms with Gasteiger partial charge in [-0.1, -0.05) is 48.5 Å². The molecule has 2 nitrogen and oxygen atoms in total. The standard InChI is InChI=1S/C17H19NO/c1-18(2)14-13-17(15-9-5-3-6-10-15)19-16-11-7-4-8-12-16/h3-13H,14H2,1-2H3/b17-13-. The Bertz CT molecular complexity index is 517. The van der Waals surface area contributed by atoms with Crippen molar-refractivity contribution in [2.45, 2.75) is 0 Å². The molecule has 0 aromatic heterocycles. The fourth-order valence-electron chi connectivity index (χ4n) is 1.70. The minimum atomic E-state index is 0.844. The number of hydrogen-bond acceptors (Lipinski definition) is 2. The molecule has 0 saturated carbocycles. The Morgan fingerprint density at radius 3 is 2.11 bits per heavy atom. The number of para-hydroxylation sites is 1. The van der Waals surface area contributed by atoms with Crippen LogP contribution in [0.25, 0.3) is 5.76 Å². The van der Waals surface area contributed by atoms with Crippen molar-refractivity contribution in [2.75, 3.05) is 20.6 Å². The van der Waals surface area contributed by atoms with E-state index >= 15 is 0 Å². The van der Waals surface area contributed by atoms with E-state index < -0.39 is 0 Å². The second-order valence-electron chi connectivity index (χ2n) is 4.61. The van der Waals surface area contributed by atoms with Crippen molar-refractivity contribution in [3.05, 3.63) is 72.3 Å². The van der Waals surface area contributed by atoms with Gasteiger partial charge in [-0.25, -0.2) is 0 Å². The van der Waals surface area contributed by atoms with Crippen LogP contribution in [-0.2, 0) is 0 Å². The summed E-state index contributed by atoms with van der Waals surface area (Å²) in [7, 11) is 4.09. The molecule has 0 fully saturated rings. The molecule has 0 aliphatic carbocycles. The summed E-state index contributed by atoms with van der Waals surface area (Å²) in [5, 5.41) is 0. The third-order valence-electron chi connectivity index (χ3n) is 2.67. The first-order valence-corrected chi connectivity index (χ1v) is 6.39. The number of benzene rings is 2. The van der Waals surface area contributed by atoms with Crippen molar-refractivity contribution in [3.8, 4) is 5.75 Å². The lowest BCUT2D eigenvalue weighted by molar-refractivity contribution is 0.448. The molecule has 0 N–H and O–H groups in total. The van der Waals surface area contributed by atoms with Crippen molar-refractivity contribution in [1.29, 1.82) is 0 Å². The smallest absolute Gasteiger partial charge is 0.131 e. The molecule has 98 valence electrons. The lowest BCUT2D eigenvalue weighted by Gasteiger charge is -2.12. The molecule has 0 radical (unpaired) electrons. The van der Waals surface area contributed by atoms with Crippen LogP contribution in [0.15, 0.2) is 66.7 Å². The third-order valence-corrected chi connectivity index (χ3v) is 2.67. The zero-order valence-electron chi connectivity index (χ0n) is 11.4. The summed E-state index contributed by atoms with van der Waals surface area (Å²) >= 11 is 0. The van der Waals surface area contributed by atoms with E-state index in [2.05, 4.69) is 23.1 Å². The van der Waals surface area contributed by atoms with E-state index in [-0.39, 0.29) is 0 Å². The van der Waals surface area contributed by atoms with E-state index in [1.165, 1.54) is 0 Å². The van der Waals surface area contributed by atoms with Crippen molar-refractivity contribution >= 4 is 5.76 Å². The second-order valence-corrected chi connectivity index (χ2v) is 4.61. The second kappa shape index (κ2) is 6.76. The molecule has 19 heavy (non-hydrogen) atoms. The normalized spacial score (nSPS) is 11.6. The monoisotopic (exact) mass is 253 g/mol. The lowest BCUT2D eigenvalue weighted by atomic mass is 10.2.